The summed E-state index contributed by atoms with van der Waals surface area (Å²) >= 11 is 0. The highest BCUT2D eigenvalue weighted by Gasteiger charge is 2.36. The number of urea groups is 1. The van der Waals surface area contributed by atoms with Crippen LogP contribution in [0.15, 0.2) is 35.5 Å². The standard InChI is InChI=1S/C18H23FN2O3/c1-11(2)9-10-21-12(3)15(17(22)24-4)16(20-18(21)23)13-5-7-14(19)8-6-13/h5-8,11,16H,9-10H2,1-4H3,(H,20,23)/t16-/m0/s1. The fraction of sp³-hybridized carbons (Fsp3) is 0.444. The number of carbonyl (C=O) groups excluding carboxylic acids is 2. The zero-order valence-electron chi connectivity index (χ0n) is 14.4. The van der Waals surface area contributed by atoms with E-state index in [4.69, 9.17) is 4.74 Å². The largest absolute Gasteiger partial charge is 0.466 e. The molecule has 6 heteroatoms. The summed E-state index contributed by atoms with van der Waals surface area (Å²) in [5, 5.41) is 2.83. The molecule has 24 heavy (non-hydrogen) atoms. The van der Waals surface area contributed by atoms with Crippen molar-refractivity contribution in [1.29, 1.82) is 0 Å². The van der Waals surface area contributed by atoms with Crippen LogP contribution in [-0.2, 0) is 9.53 Å². The van der Waals surface area contributed by atoms with Crippen molar-refractivity contribution in [2.75, 3.05) is 13.7 Å². The van der Waals surface area contributed by atoms with E-state index in [9.17, 15) is 14.0 Å². The van der Waals surface area contributed by atoms with E-state index in [0.29, 0.717) is 29.3 Å². The van der Waals surface area contributed by atoms with E-state index in [1.807, 2.05) is 0 Å². The number of hydrogen-bond acceptors (Lipinski definition) is 3. The number of rotatable bonds is 5. The molecule has 0 saturated carbocycles. The van der Waals surface area contributed by atoms with Gasteiger partial charge in [-0.15, -0.1) is 0 Å². The van der Waals surface area contributed by atoms with Crippen molar-refractivity contribution in [3.05, 3.63) is 46.9 Å². The van der Waals surface area contributed by atoms with Gasteiger partial charge >= 0.3 is 12.0 Å². The number of benzene rings is 1. The fourth-order valence-corrected chi connectivity index (χ4v) is 2.72. The number of halogens is 1. The fourth-order valence-electron chi connectivity index (χ4n) is 2.72. The maximum absolute atomic E-state index is 13.2. The summed E-state index contributed by atoms with van der Waals surface area (Å²) < 4.78 is 18.1. The predicted octanol–water partition coefficient (Wildman–Crippen LogP) is 3.39. The molecule has 1 aliphatic heterocycles. The zero-order chi connectivity index (χ0) is 17.9. The van der Waals surface area contributed by atoms with E-state index in [1.165, 1.54) is 19.2 Å². The summed E-state index contributed by atoms with van der Waals surface area (Å²) in [5.41, 5.74) is 1.57. The van der Waals surface area contributed by atoms with Crippen molar-refractivity contribution in [3.8, 4) is 0 Å². The van der Waals surface area contributed by atoms with Crippen LogP contribution in [0.4, 0.5) is 9.18 Å². The number of esters is 1. The van der Waals surface area contributed by atoms with Gasteiger partial charge in [0.1, 0.15) is 5.82 Å². The molecule has 0 saturated heterocycles. The van der Waals surface area contributed by atoms with Crippen LogP contribution in [0, 0.1) is 11.7 Å². The van der Waals surface area contributed by atoms with Crippen LogP contribution < -0.4 is 5.32 Å². The van der Waals surface area contributed by atoms with Gasteiger partial charge < -0.3 is 10.1 Å². The molecule has 0 bridgehead atoms. The van der Waals surface area contributed by atoms with E-state index in [1.54, 1.807) is 24.0 Å². The smallest absolute Gasteiger partial charge is 0.337 e. The minimum atomic E-state index is -0.652. The van der Waals surface area contributed by atoms with Crippen LogP contribution in [0.5, 0.6) is 0 Å². The predicted molar refractivity (Wildman–Crippen MR) is 88.5 cm³/mol. The highest BCUT2D eigenvalue weighted by molar-refractivity contribution is 5.94. The van der Waals surface area contributed by atoms with Crippen molar-refractivity contribution in [2.45, 2.75) is 33.2 Å². The van der Waals surface area contributed by atoms with Gasteiger partial charge in [-0.25, -0.2) is 14.0 Å². The number of allylic oxidation sites excluding steroid dienone is 1. The Labute approximate surface area is 141 Å². The average Bonchev–Trinajstić information content (AvgIpc) is 2.54. The quantitative estimate of drug-likeness (QED) is 0.840. The molecule has 0 radical (unpaired) electrons. The molecule has 1 aliphatic rings. The third-order valence-corrected chi connectivity index (χ3v) is 4.14. The summed E-state index contributed by atoms with van der Waals surface area (Å²) in [6, 6.07) is 4.80. The monoisotopic (exact) mass is 334 g/mol. The van der Waals surface area contributed by atoms with Gasteiger partial charge in [-0.1, -0.05) is 26.0 Å². The first kappa shape index (κ1) is 18.0. The Hall–Kier alpha value is -2.37. The Morgan fingerprint density at radius 2 is 1.96 bits per heavy atom. The number of ether oxygens (including phenoxy) is 1. The van der Waals surface area contributed by atoms with Gasteiger partial charge in [-0.2, -0.15) is 0 Å². The molecule has 130 valence electrons. The van der Waals surface area contributed by atoms with Crippen LogP contribution >= 0.6 is 0 Å². The van der Waals surface area contributed by atoms with Gasteiger partial charge in [-0.3, -0.25) is 4.90 Å². The maximum atomic E-state index is 13.2. The van der Waals surface area contributed by atoms with Crippen LogP contribution in [0.1, 0.15) is 38.8 Å². The lowest BCUT2D eigenvalue weighted by Crippen LogP contribution is -2.48. The average molecular weight is 334 g/mol. The second-order valence-electron chi connectivity index (χ2n) is 6.26. The normalized spacial score (nSPS) is 18.0. The Balaban J connectivity index is 2.43. The van der Waals surface area contributed by atoms with Gasteiger partial charge in [0.2, 0.25) is 0 Å². The molecule has 1 N–H and O–H groups in total. The van der Waals surface area contributed by atoms with E-state index in [2.05, 4.69) is 19.2 Å². The Kier molecular flexibility index (Phi) is 5.59. The third-order valence-electron chi connectivity index (χ3n) is 4.14. The second-order valence-corrected chi connectivity index (χ2v) is 6.26. The van der Waals surface area contributed by atoms with Crippen LogP contribution in [-0.4, -0.2) is 30.6 Å². The number of hydrogen-bond donors (Lipinski definition) is 1. The summed E-state index contributed by atoms with van der Waals surface area (Å²) in [4.78, 5) is 26.3. The number of methoxy groups -OCH3 is 1. The molecular formula is C18H23FN2O3. The van der Waals surface area contributed by atoms with Gasteiger partial charge in [0.25, 0.3) is 0 Å². The van der Waals surface area contributed by atoms with Crippen molar-refractivity contribution in [3.63, 3.8) is 0 Å². The summed E-state index contributed by atoms with van der Waals surface area (Å²) in [6.45, 7) is 6.40. The van der Waals surface area contributed by atoms with Gasteiger partial charge in [0.15, 0.2) is 0 Å². The molecular weight excluding hydrogens is 311 g/mol. The first-order valence-corrected chi connectivity index (χ1v) is 7.97. The lowest BCUT2D eigenvalue weighted by Gasteiger charge is -2.35. The number of nitrogens with zero attached hydrogens (tertiary/aromatic N) is 1. The topological polar surface area (TPSA) is 58.6 Å². The second kappa shape index (κ2) is 7.47. The van der Waals surface area contributed by atoms with Crippen LogP contribution in [0.25, 0.3) is 0 Å². The third kappa shape index (κ3) is 3.75. The highest BCUT2D eigenvalue weighted by Crippen LogP contribution is 2.31. The molecule has 0 unspecified atom stereocenters. The highest BCUT2D eigenvalue weighted by atomic mass is 19.1. The van der Waals surface area contributed by atoms with Gasteiger partial charge in [-0.05, 0) is 37.0 Å². The number of nitrogens with one attached hydrogen (secondary N) is 1. The van der Waals surface area contributed by atoms with Crippen molar-refractivity contribution < 1.29 is 18.7 Å². The Morgan fingerprint density at radius 1 is 1.33 bits per heavy atom. The van der Waals surface area contributed by atoms with Gasteiger partial charge in [0, 0.05) is 12.2 Å². The molecule has 2 amide bonds. The first-order valence-electron chi connectivity index (χ1n) is 7.97. The Morgan fingerprint density at radius 3 is 2.50 bits per heavy atom. The molecule has 0 aromatic heterocycles. The molecule has 1 aromatic rings. The van der Waals surface area contributed by atoms with E-state index >= 15 is 0 Å². The summed E-state index contributed by atoms with van der Waals surface area (Å²) in [5.74, 6) is -0.446. The van der Waals surface area contributed by atoms with E-state index in [0.717, 1.165) is 6.42 Å². The minimum absolute atomic E-state index is 0.268. The molecule has 1 heterocycles. The summed E-state index contributed by atoms with van der Waals surface area (Å²) in [7, 11) is 1.30. The number of amides is 2. The molecule has 0 spiro atoms. The molecule has 0 aliphatic carbocycles. The first-order chi connectivity index (χ1) is 11.3. The number of carbonyl (C=O) groups is 2. The van der Waals surface area contributed by atoms with Gasteiger partial charge in [0.05, 0.1) is 18.7 Å². The molecule has 5 nitrogen and oxygen atoms in total. The Bertz CT molecular complexity index is 653. The van der Waals surface area contributed by atoms with Crippen molar-refractivity contribution >= 4 is 12.0 Å². The lowest BCUT2D eigenvalue weighted by molar-refractivity contribution is -0.136. The van der Waals surface area contributed by atoms with Crippen LogP contribution in [0.3, 0.4) is 0 Å². The zero-order valence-corrected chi connectivity index (χ0v) is 14.4. The van der Waals surface area contributed by atoms with E-state index in [-0.39, 0.29) is 11.8 Å². The minimum Gasteiger partial charge on any atom is -0.466 e. The van der Waals surface area contributed by atoms with Crippen LogP contribution in [0.2, 0.25) is 0 Å². The lowest BCUT2D eigenvalue weighted by atomic mass is 9.94. The molecule has 1 atom stereocenters. The summed E-state index contributed by atoms with van der Waals surface area (Å²) in [6.07, 6.45) is 0.820. The molecule has 0 fully saturated rings. The molecule has 2 rings (SSSR count). The van der Waals surface area contributed by atoms with Crippen molar-refractivity contribution in [1.82, 2.24) is 10.2 Å². The molecule has 1 aromatic carbocycles. The maximum Gasteiger partial charge on any atom is 0.337 e. The van der Waals surface area contributed by atoms with Crippen molar-refractivity contribution in [2.24, 2.45) is 5.92 Å². The SMILES string of the molecule is COC(=O)C1=C(C)N(CCC(C)C)C(=O)N[C@H]1c1ccc(F)cc1. The van der Waals surface area contributed by atoms with E-state index < -0.39 is 12.0 Å².